The largest absolute Gasteiger partial charge is 0.343 e. The first-order valence-electron chi connectivity index (χ1n) is 4.66. The molecule has 2 aromatic heterocycles. The van der Waals surface area contributed by atoms with Gasteiger partial charge in [-0.1, -0.05) is 5.16 Å². The normalized spacial score (nSPS) is 10.4. The molecule has 0 saturated heterocycles. The summed E-state index contributed by atoms with van der Waals surface area (Å²) in [6.07, 6.45) is 7.15. The van der Waals surface area contributed by atoms with Gasteiger partial charge in [0.2, 0.25) is 6.39 Å². The van der Waals surface area contributed by atoms with Gasteiger partial charge in [-0.25, -0.2) is 0 Å². The summed E-state index contributed by atoms with van der Waals surface area (Å²) in [5.74, 6) is 0.710. The second-order valence-electron chi connectivity index (χ2n) is 2.97. The van der Waals surface area contributed by atoms with E-state index in [2.05, 4.69) is 29.9 Å². The average Bonchev–Trinajstić information content (AvgIpc) is 2.79. The molecule has 2 heterocycles. The molecule has 0 unspecified atom stereocenters. The van der Waals surface area contributed by atoms with Crippen LogP contribution in [0.1, 0.15) is 11.5 Å². The summed E-state index contributed by atoms with van der Waals surface area (Å²) in [5, 5.41) is 6.92. The highest BCUT2D eigenvalue weighted by Gasteiger charge is 1.97. The molecule has 15 heavy (non-hydrogen) atoms. The molecule has 0 spiro atoms. The van der Waals surface area contributed by atoms with E-state index >= 15 is 0 Å². The van der Waals surface area contributed by atoms with Crippen LogP contribution in [0.2, 0.25) is 0 Å². The van der Waals surface area contributed by atoms with Crippen molar-refractivity contribution < 1.29 is 4.52 Å². The maximum atomic E-state index is 4.62. The van der Waals surface area contributed by atoms with Gasteiger partial charge in [0.05, 0.1) is 5.69 Å². The van der Waals surface area contributed by atoms with Crippen LogP contribution in [-0.2, 0) is 13.0 Å². The van der Waals surface area contributed by atoms with Crippen LogP contribution in [0.3, 0.4) is 0 Å². The number of hydrogen-bond acceptors (Lipinski definition) is 6. The Morgan fingerprint density at radius 3 is 3.00 bits per heavy atom. The smallest absolute Gasteiger partial charge is 0.213 e. The predicted molar refractivity (Wildman–Crippen MR) is 51.7 cm³/mol. The van der Waals surface area contributed by atoms with Crippen molar-refractivity contribution >= 4 is 0 Å². The zero-order valence-corrected chi connectivity index (χ0v) is 8.13. The van der Waals surface area contributed by atoms with Crippen molar-refractivity contribution in [2.75, 3.05) is 6.54 Å². The number of hydrogen-bond donors (Lipinski definition) is 1. The molecule has 0 bridgehead atoms. The van der Waals surface area contributed by atoms with Crippen molar-refractivity contribution in [3.8, 4) is 0 Å². The van der Waals surface area contributed by atoms with Crippen molar-refractivity contribution in [3.63, 3.8) is 0 Å². The molecule has 0 aromatic carbocycles. The van der Waals surface area contributed by atoms with Gasteiger partial charge >= 0.3 is 0 Å². The fourth-order valence-electron chi connectivity index (χ4n) is 1.14. The molecule has 6 nitrogen and oxygen atoms in total. The minimum absolute atomic E-state index is 0.700. The van der Waals surface area contributed by atoms with E-state index in [4.69, 9.17) is 0 Å². The fourth-order valence-corrected chi connectivity index (χ4v) is 1.14. The Morgan fingerprint density at radius 1 is 1.27 bits per heavy atom. The molecule has 2 rings (SSSR count). The Morgan fingerprint density at radius 2 is 2.27 bits per heavy atom. The first kappa shape index (κ1) is 9.72. The number of nitrogens with zero attached hydrogens (tertiary/aromatic N) is 4. The molecule has 0 aliphatic rings. The minimum Gasteiger partial charge on any atom is -0.343 e. The van der Waals surface area contributed by atoms with Crippen molar-refractivity contribution in [3.05, 3.63) is 36.5 Å². The first-order valence-corrected chi connectivity index (χ1v) is 4.66. The standard InChI is InChI=1S/C9H11N5O/c1(9-13-7-15-14-9)2-10-5-8-6-11-3-4-12-8/h3-4,6-7,10H,1-2,5H2. The summed E-state index contributed by atoms with van der Waals surface area (Å²) in [6.45, 7) is 1.49. The summed E-state index contributed by atoms with van der Waals surface area (Å²) >= 11 is 0. The lowest BCUT2D eigenvalue weighted by molar-refractivity contribution is 0.409. The average molecular weight is 205 g/mol. The summed E-state index contributed by atoms with van der Waals surface area (Å²) < 4.78 is 4.62. The molecular formula is C9H11N5O. The van der Waals surface area contributed by atoms with Gasteiger partial charge in [0.1, 0.15) is 0 Å². The molecule has 0 fully saturated rings. The van der Waals surface area contributed by atoms with E-state index in [1.807, 2.05) is 0 Å². The van der Waals surface area contributed by atoms with Gasteiger partial charge in [-0.3, -0.25) is 9.97 Å². The summed E-state index contributed by atoms with van der Waals surface area (Å²) in [7, 11) is 0. The Labute approximate surface area is 86.8 Å². The van der Waals surface area contributed by atoms with Crippen LogP contribution in [0, 0.1) is 0 Å². The van der Waals surface area contributed by atoms with E-state index in [1.165, 1.54) is 6.39 Å². The molecule has 6 heteroatoms. The Bertz CT molecular complexity index is 375. The molecule has 1 N–H and O–H groups in total. The summed E-state index contributed by atoms with van der Waals surface area (Å²) in [4.78, 5) is 12.0. The number of nitrogens with one attached hydrogen (secondary N) is 1. The van der Waals surface area contributed by atoms with Crippen molar-refractivity contribution in [1.82, 2.24) is 25.4 Å². The monoisotopic (exact) mass is 205 g/mol. The lowest BCUT2D eigenvalue weighted by atomic mass is 10.4. The van der Waals surface area contributed by atoms with E-state index in [-0.39, 0.29) is 0 Å². The van der Waals surface area contributed by atoms with Gasteiger partial charge in [-0.2, -0.15) is 4.98 Å². The van der Waals surface area contributed by atoms with E-state index in [0.717, 1.165) is 18.7 Å². The Hall–Kier alpha value is -1.82. The van der Waals surface area contributed by atoms with E-state index in [9.17, 15) is 0 Å². The Kier molecular flexibility index (Phi) is 3.34. The third-order valence-corrected chi connectivity index (χ3v) is 1.86. The Balaban J connectivity index is 1.68. The van der Waals surface area contributed by atoms with Gasteiger partial charge in [0, 0.05) is 38.1 Å². The van der Waals surface area contributed by atoms with Crippen LogP contribution in [0.4, 0.5) is 0 Å². The molecule has 0 saturated carbocycles. The molecule has 0 aliphatic carbocycles. The molecular weight excluding hydrogens is 194 g/mol. The third kappa shape index (κ3) is 3.10. The fraction of sp³-hybridized carbons (Fsp3) is 0.333. The lowest BCUT2D eigenvalue weighted by Crippen LogP contribution is -2.17. The van der Waals surface area contributed by atoms with E-state index in [0.29, 0.717) is 12.4 Å². The van der Waals surface area contributed by atoms with Crippen LogP contribution in [-0.4, -0.2) is 26.7 Å². The van der Waals surface area contributed by atoms with Crippen LogP contribution in [0.25, 0.3) is 0 Å². The molecule has 0 amide bonds. The van der Waals surface area contributed by atoms with Gasteiger partial charge in [0.15, 0.2) is 5.82 Å². The van der Waals surface area contributed by atoms with Gasteiger partial charge < -0.3 is 9.84 Å². The molecule has 0 atom stereocenters. The predicted octanol–water partition coefficient (Wildman–Crippen LogP) is 0.192. The lowest BCUT2D eigenvalue weighted by Gasteiger charge is -2.00. The molecule has 78 valence electrons. The van der Waals surface area contributed by atoms with Crippen LogP contribution in [0.5, 0.6) is 0 Å². The third-order valence-electron chi connectivity index (χ3n) is 1.86. The van der Waals surface area contributed by atoms with Crippen molar-refractivity contribution in [1.29, 1.82) is 0 Å². The van der Waals surface area contributed by atoms with Crippen molar-refractivity contribution in [2.45, 2.75) is 13.0 Å². The van der Waals surface area contributed by atoms with Crippen molar-refractivity contribution in [2.24, 2.45) is 0 Å². The molecule has 0 aliphatic heterocycles. The van der Waals surface area contributed by atoms with E-state index < -0.39 is 0 Å². The zero-order valence-electron chi connectivity index (χ0n) is 8.13. The quantitative estimate of drug-likeness (QED) is 0.702. The van der Waals surface area contributed by atoms with Gasteiger partial charge in [-0.15, -0.1) is 0 Å². The highest BCUT2D eigenvalue weighted by Crippen LogP contribution is 1.91. The molecule has 0 radical (unpaired) electrons. The zero-order chi connectivity index (χ0) is 10.3. The highest BCUT2D eigenvalue weighted by atomic mass is 16.5. The maximum Gasteiger partial charge on any atom is 0.213 e. The van der Waals surface area contributed by atoms with Gasteiger partial charge in [-0.05, 0) is 0 Å². The van der Waals surface area contributed by atoms with Gasteiger partial charge in [0.25, 0.3) is 0 Å². The van der Waals surface area contributed by atoms with Crippen LogP contribution in [0.15, 0.2) is 29.5 Å². The number of rotatable bonds is 5. The second kappa shape index (κ2) is 5.16. The van der Waals surface area contributed by atoms with Crippen LogP contribution >= 0.6 is 0 Å². The second-order valence-corrected chi connectivity index (χ2v) is 2.97. The number of aromatic nitrogens is 4. The topological polar surface area (TPSA) is 76.7 Å². The van der Waals surface area contributed by atoms with E-state index in [1.54, 1.807) is 18.6 Å². The summed E-state index contributed by atoms with van der Waals surface area (Å²) in [5.41, 5.74) is 0.922. The first-order chi connectivity index (χ1) is 7.45. The molecule has 2 aromatic rings. The van der Waals surface area contributed by atoms with Crippen LogP contribution < -0.4 is 5.32 Å². The highest BCUT2D eigenvalue weighted by molar-refractivity contribution is 4.93. The SMILES string of the molecule is c1cnc(CNCCc2ncon2)cn1. The summed E-state index contributed by atoms with van der Waals surface area (Å²) in [6, 6.07) is 0. The minimum atomic E-state index is 0.700. The maximum absolute atomic E-state index is 4.62.